The van der Waals surface area contributed by atoms with Gasteiger partial charge in [0.2, 0.25) is 0 Å². The second kappa shape index (κ2) is 2.77. The van der Waals surface area contributed by atoms with Gasteiger partial charge in [0.25, 0.3) is 0 Å². The molecule has 0 amide bonds. The average Bonchev–Trinajstić information content (AvgIpc) is 2.29. The molecule has 0 fully saturated rings. The number of fused-ring (bicyclic) bond motifs is 1. The molecule has 0 spiro atoms. The van der Waals surface area contributed by atoms with Gasteiger partial charge in [-0.2, -0.15) is 5.10 Å². The highest BCUT2D eigenvalue weighted by molar-refractivity contribution is 6.05. The highest BCUT2D eigenvalue weighted by atomic mass is 16.1. The summed E-state index contributed by atoms with van der Waals surface area (Å²) in [6, 6.07) is 7.44. The Bertz CT molecular complexity index is 344. The van der Waals surface area contributed by atoms with Crippen LogP contribution in [0.4, 0.5) is 0 Å². The van der Waals surface area contributed by atoms with Crippen LogP contribution in [0.3, 0.4) is 0 Å². The first kappa shape index (κ1) is 7.03. The Kier molecular flexibility index (Phi) is 1.63. The lowest BCUT2D eigenvalue weighted by Crippen LogP contribution is -2.16. The van der Waals surface area contributed by atoms with E-state index in [0.29, 0.717) is 0 Å². The maximum Gasteiger partial charge on any atom is 0.184 e. The molecule has 1 aromatic rings. The first-order chi connectivity index (χ1) is 5.88. The lowest BCUT2D eigenvalue weighted by molar-refractivity contribution is 0.0993. The van der Waals surface area contributed by atoms with E-state index in [1.807, 2.05) is 24.3 Å². The zero-order chi connectivity index (χ0) is 8.39. The molecule has 1 N–H and O–H groups in total. The Morgan fingerprint density at radius 1 is 1.33 bits per heavy atom. The van der Waals surface area contributed by atoms with E-state index in [0.717, 1.165) is 11.1 Å². The van der Waals surface area contributed by atoms with Crippen LogP contribution in [0.15, 0.2) is 29.4 Å². The van der Waals surface area contributed by atoms with Crippen LogP contribution in [0, 0.1) is 0 Å². The smallest absolute Gasteiger partial charge is 0.184 e. The fraction of sp³-hybridized carbons (Fsp3) is 0.111. The van der Waals surface area contributed by atoms with Gasteiger partial charge in [0.1, 0.15) is 0 Å². The van der Waals surface area contributed by atoms with Crippen LogP contribution in [-0.2, 0) is 0 Å². The SMILES string of the molecule is O=C1CNN=Cc2ccccc21. The number of nitrogens with one attached hydrogen (secondary N) is 1. The predicted molar refractivity (Wildman–Crippen MR) is 46.4 cm³/mol. The van der Waals surface area contributed by atoms with Gasteiger partial charge in [-0.3, -0.25) is 4.79 Å². The molecule has 12 heavy (non-hydrogen) atoms. The highest BCUT2D eigenvalue weighted by Gasteiger charge is 2.10. The van der Waals surface area contributed by atoms with Crippen molar-refractivity contribution in [2.75, 3.05) is 6.54 Å². The normalized spacial score (nSPS) is 14.8. The fourth-order valence-electron chi connectivity index (χ4n) is 1.19. The van der Waals surface area contributed by atoms with E-state index in [-0.39, 0.29) is 12.3 Å². The van der Waals surface area contributed by atoms with Gasteiger partial charge in [0.15, 0.2) is 5.78 Å². The van der Waals surface area contributed by atoms with E-state index in [1.165, 1.54) is 0 Å². The predicted octanol–water partition coefficient (Wildman–Crippen LogP) is 0.806. The van der Waals surface area contributed by atoms with Crippen LogP contribution < -0.4 is 5.43 Å². The van der Waals surface area contributed by atoms with Gasteiger partial charge in [-0.25, -0.2) is 0 Å². The van der Waals surface area contributed by atoms with Gasteiger partial charge >= 0.3 is 0 Å². The molecule has 2 rings (SSSR count). The number of hydrogen-bond donors (Lipinski definition) is 1. The zero-order valence-electron chi connectivity index (χ0n) is 6.45. The number of Topliss-reactive ketones (excluding diaryl/α,β-unsaturated/α-hetero) is 1. The number of benzene rings is 1. The standard InChI is InChI=1S/C9H8N2O/c12-9-6-11-10-5-7-3-1-2-4-8(7)9/h1-5,11H,6H2. The number of hydrazone groups is 1. The van der Waals surface area contributed by atoms with Gasteiger partial charge in [-0.1, -0.05) is 24.3 Å². The van der Waals surface area contributed by atoms with Gasteiger partial charge in [-0.15, -0.1) is 0 Å². The molecule has 3 nitrogen and oxygen atoms in total. The minimum absolute atomic E-state index is 0.0862. The molecule has 1 aliphatic heterocycles. The largest absolute Gasteiger partial charge is 0.302 e. The van der Waals surface area contributed by atoms with Crippen molar-refractivity contribution in [2.24, 2.45) is 5.10 Å². The maximum absolute atomic E-state index is 11.4. The Hall–Kier alpha value is -1.64. The summed E-state index contributed by atoms with van der Waals surface area (Å²) < 4.78 is 0. The minimum Gasteiger partial charge on any atom is -0.302 e. The van der Waals surface area contributed by atoms with Crippen molar-refractivity contribution >= 4 is 12.0 Å². The number of ketones is 1. The zero-order valence-corrected chi connectivity index (χ0v) is 6.45. The molecular weight excluding hydrogens is 152 g/mol. The average molecular weight is 160 g/mol. The van der Waals surface area contributed by atoms with Gasteiger partial charge < -0.3 is 5.43 Å². The molecule has 0 aliphatic carbocycles. The number of carbonyl (C=O) groups excluding carboxylic acids is 1. The molecule has 1 aliphatic rings. The molecule has 1 aromatic carbocycles. The number of hydrogen-bond acceptors (Lipinski definition) is 3. The molecule has 0 aromatic heterocycles. The third-order valence-electron chi connectivity index (χ3n) is 1.80. The lowest BCUT2D eigenvalue weighted by atomic mass is 10.1. The van der Waals surface area contributed by atoms with Crippen molar-refractivity contribution in [3.63, 3.8) is 0 Å². The summed E-state index contributed by atoms with van der Waals surface area (Å²) in [7, 11) is 0. The van der Waals surface area contributed by atoms with Crippen LogP contribution in [0.1, 0.15) is 15.9 Å². The first-order valence-electron chi connectivity index (χ1n) is 3.76. The van der Waals surface area contributed by atoms with Crippen LogP contribution >= 0.6 is 0 Å². The second-order valence-corrected chi connectivity index (χ2v) is 2.60. The van der Waals surface area contributed by atoms with Crippen LogP contribution in [-0.4, -0.2) is 18.5 Å². The summed E-state index contributed by atoms with van der Waals surface area (Å²) in [6.45, 7) is 0.285. The van der Waals surface area contributed by atoms with E-state index < -0.39 is 0 Å². The Labute approximate surface area is 70.1 Å². The van der Waals surface area contributed by atoms with E-state index >= 15 is 0 Å². The molecule has 0 unspecified atom stereocenters. The lowest BCUT2D eigenvalue weighted by Gasteiger charge is -1.98. The first-order valence-corrected chi connectivity index (χ1v) is 3.76. The Morgan fingerprint density at radius 2 is 2.17 bits per heavy atom. The maximum atomic E-state index is 11.4. The van der Waals surface area contributed by atoms with Gasteiger partial charge in [0, 0.05) is 11.1 Å². The fourth-order valence-corrected chi connectivity index (χ4v) is 1.19. The number of nitrogens with zero attached hydrogens (tertiary/aromatic N) is 1. The van der Waals surface area contributed by atoms with Crippen molar-refractivity contribution in [2.45, 2.75) is 0 Å². The van der Waals surface area contributed by atoms with Gasteiger partial charge in [0.05, 0.1) is 12.8 Å². The quantitative estimate of drug-likeness (QED) is 0.610. The number of carbonyl (C=O) groups is 1. The van der Waals surface area contributed by atoms with Crippen molar-refractivity contribution in [1.29, 1.82) is 0 Å². The van der Waals surface area contributed by atoms with Crippen molar-refractivity contribution in [3.8, 4) is 0 Å². The molecule has 0 saturated heterocycles. The molecular formula is C9H8N2O. The van der Waals surface area contributed by atoms with Crippen LogP contribution in [0.2, 0.25) is 0 Å². The summed E-state index contributed by atoms with van der Waals surface area (Å²) in [4.78, 5) is 11.4. The van der Waals surface area contributed by atoms with Crippen molar-refractivity contribution < 1.29 is 4.79 Å². The Balaban J connectivity index is 2.56. The van der Waals surface area contributed by atoms with Crippen molar-refractivity contribution in [3.05, 3.63) is 35.4 Å². The molecule has 60 valence electrons. The summed E-state index contributed by atoms with van der Waals surface area (Å²) >= 11 is 0. The number of rotatable bonds is 0. The molecule has 3 heteroatoms. The summed E-state index contributed by atoms with van der Waals surface area (Å²) in [5, 5.41) is 3.87. The van der Waals surface area contributed by atoms with Crippen molar-refractivity contribution in [1.82, 2.24) is 5.43 Å². The topological polar surface area (TPSA) is 41.5 Å². The minimum atomic E-state index is 0.0862. The second-order valence-electron chi connectivity index (χ2n) is 2.60. The molecule has 0 radical (unpaired) electrons. The third kappa shape index (κ3) is 1.09. The van der Waals surface area contributed by atoms with E-state index in [2.05, 4.69) is 10.5 Å². The molecule has 0 saturated carbocycles. The van der Waals surface area contributed by atoms with E-state index in [9.17, 15) is 4.79 Å². The summed E-state index contributed by atoms with van der Waals surface area (Å²) in [5.74, 6) is 0.0862. The van der Waals surface area contributed by atoms with Crippen LogP contribution in [0.5, 0.6) is 0 Å². The molecule has 0 atom stereocenters. The van der Waals surface area contributed by atoms with E-state index in [1.54, 1.807) is 6.21 Å². The van der Waals surface area contributed by atoms with Crippen LogP contribution in [0.25, 0.3) is 0 Å². The summed E-state index contributed by atoms with van der Waals surface area (Å²) in [5.41, 5.74) is 4.29. The molecule has 0 bridgehead atoms. The van der Waals surface area contributed by atoms with Gasteiger partial charge in [-0.05, 0) is 0 Å². The Morgan fingerprint density at radius 3 is 3.08 bits per heavy atom. The molecule has 1 heterocycles. The monoisotopic (exact) mass is 160 g/mol. The third-order valence-corrected chi connectivity index (χ3v) is 1.80. The summed E-state index contributed by atoms with van der Waals surface area (Å²) in [6.07, 6.45) is 1.67. The van der Waals surface area contributed by atoms with E-state index in [4.69, 9.17) is 0 Å². The highest BCUT2D eigenvalue weighted by Crippen LogP contribution is 2.08.